The summed E-state index contributed by atoms with van der Waals surface area (Å²) in [5.74, 6) is 1.000. The van der Waals surface area contributed by atoms with Crippen molar-refractivity contribution in [2.24, 2.45) is 5.92 Å². The molecule has 19 heavy (non-hydrogen) atoms. The quantitative estimate of drug-likeness (QED) is 0.635. The first-order chi connectivity index (χ1) is 9.27. The van der Waals surface area contributed by atoms with Gasteiger partial charge in [0, 0.05) is 12.6 Å². The van der Waals surface area contributed by atoms with Gasteiger partial charge < -0.3 is 5.32 Å². The van der Waals surface area contributed by atoms with Crippen molar-refractivity contribution in [3.05, 3.63) is 0 Å². The van der Waals surface area contributed by atoms with Crippen LogP contribution >= 0.6 is 0 Å². The van der Waals surface area contributed by atoms with E-state index in [1.54, 1.807) is 0 Å². The third-order valence-corrected chi connectivity index (χ3v) is 4.60. The predicted octanol–water partition coefficient (Wildman–Crippen LogP) is 4.06. The normalized spacial score (nSPS) is 23.2. The van der Waals surface area contributed by atoms with Gasteiger partial charge in [0.25, 0.3) is 0 Å². The number of unbranched alkanes of at least 4 members (excludes halogenated alkanes) is 2. The van der Waals surface area contributed by atoms with E-state index in [0.717, 1.165) is 5.92 Å². The van der Waals surface area contributed by atoms with Crippen molar-refractivity contribution in [3.63, 3.8) is 0 Å². The first-order valence-electron chi connectivity index (χ1n) is 8.72. The Labute approximate surface area is 121 Å². The molecule has 0 radical (unpaired) electrons. The fraction of sp³-hybridized carbons (Fsp3) is 1.00. The number of hydrogen-bond acceptors (Lipinski definition) is 2. The van der Waals surface area contributed by atoms with Gasteiger partial charge in [-0.3, -0.25) is 4.90 Å². The Morgan fingerprint density at radius 2 is 1.95 bits per heavy atom. The van der Waals surface area contributed by atoms with Crippen LogP contribution in [0.1, 0.15) is 72.1 Å². The Morgan fingerprint density at radius 1 is 1.11 bits per heavy atom. The highest BCUT2D eigenvalue weighted by Gasteiger charge is 2.19. The van der Waals surface area contributed by atoms with E-state index in [1.807, 2.05) is 0 Å². The van der Waals surface area contributed by atoms with Gasteiger partial charge in [-0.05, 0) is 58.2 Å². The third kappa shape index (κ3) is 7.31. The first-order valence-corrected chi connectivity index (χ1v) is 8.72. The minimum Gasteiger partial charge on any atom is -0.315 e. The van der Waals surface area contributed by atoms with Crippen molar-refractivity contribution in [2.45, 2.75) is 78.2 Å². The van der Waals surface area contributed by atoms with Crippen LogP contribution in [0.5, 0.6) is 0 Å². The van der Waals surface area contributed by atoms with Crippen molar-refractivity contribution in [1.29, 1.82) is 0 Å². The number of nitrogens with one attached hydrogen (secondary N) is 1. The molecule has 0 aromatic rings. The Kier molecular flexibility index (Phi) is 9.54. The Morgan fingerprint density at radius 3 is 2.68 bits per heavy atom. The van der Waals surface area contributed by atoms with Gasteiger partial charge in [0.05, 0.1) is 0 Å². The van der Waals surface area contributed by atoms with Crippen LogP contribution in [0, 0.1) is 5.92 Å². The van der Waals surface area contributed by atoms with Crippen LogP contribution < -0.4 is 5.32 Å². The highest BCUT2D eigenvalue weighted by molar-refractivity contribution is 4.75. The lowest BCUT2D eigenvalue weighted by atomic mass is 9.96. The number of hydrogen-bond donors (Lipinski definition) is 1. The molecule has 1 aliphatic rings. The highest BCUT2D eigenvalue weighted by Crippen LogP contribution is 2.22. The summed E-state index contributed by atoms with van der Waals surface area (Å²) in [4.78, 5) is 2.71. The summed E-state index contributed by atoms with van der Waals surface area (Å²) < 4.78 is 0. The van der Waals surface area contributed by atoms with Gasteiger partial charge in [-0.2, -0.15) is 0 Å². The minimum absolute atomic E-state index is 0.710. The molecule has 1 N–H and O–H groups in total. The Hall–Kier alpha value is -0.0800. The van der Waals surface area contributed by atoms with Crippen LogP contribution in [0.25, 0.3) is 0 Å². The van der Waals surface area contributed by atoms with E-state index in [9.17, 15) is 0 Å². The monoisotopic (exact) mass is 268 g/mol. The lowest BCUT2D eigenvalue weighted by Crippen LogP contribution is -2.41. The molecule has 1 saturated heterocycles. The molecule has 1 rings (SSSR count). The molecule has 0 bridgehead atoms. The van der Waals surface area contributed by atoms with Crippen molar-refractivity contribution in [3.8, 4) is 0 Å². The fourth-order valence-electron chi connectivity index (χ4n) is 3.27. The minimum atomic E-state index is 0.710. The van der Waals surface area contributed by atoms with Crippen LogP contribution in [0.4, 0.5) is 0 Å². The molecular weight excluding hydrogens is 232 g/mol. The van der Waals surface area contributed by atoms with E-state index in [0.29, 0.717) is 6.04 Å². The van der Waals surface area contributed by atoms with Gasteiger partial charge in [0.2, 0.25) is 0 Å². The summed E-state index contributed by atoms with van der Waals surface area (Å²) in [5.41, 5.74) is 0. The number of rotatable bonds is 9. The smallest absolute Gasteiger partial charge is 0.0192 e. The van der Waals surface area contributed by atoms with E-state index in [-0.39, 0.29) is 0 Å². The largest absolute Gasteiger partial charge is 0.315 e. The maximum absolute atomic E-state index is 3.63. The van der Waals surface area contributed by atoms with Gasteiger partial charge in [0.1, 0.15) is 0 Å². The zero-order chi connectivity index (χ0) is 13.9. The molecule has 2 atom stereocenters. The molecule has 0 aliphatic carbocycles. The van der Waals surface area contributed by atoms with Crippen molar-refractivity contribution in [1.82, 2.24) is 10.2 Å². The number of likely N-dealkylation sites (tertiary alicyclic amines) is 1. The lowest BCUT2D eigenvalue weighted by molar-refractivity contribution is 0.209. The molecule has 2 unspecified atom stereocenters. The molecule has 2 nitrogen and oxygen atoms in total. The third-order valence-electron chi connectivity index (χ3n) is 4.60. The van der Waals surface area contributed by atoms with Gasteiger partial charge in [0.15, 0.2) is 0 Å². The van der Waals surface area contributed by atoms with Crippen LogP contribution in [0.2, 0.25) is 0 Å². The maximum Gasteiger partial charge on any atom is 0.0192 e. The van der Waals surface area contributed by atoms with Crippen LogP contribution in [-0.2, 0) is 0 Å². The summed E-state index contributed by atoms with van der Waals surface area (Å²) in [6, 6.07) is 0.710. The van der Waals surface area contributed by atoms with Crippen molar-refractivity contribution < 1.29 is 0 Å². The predicted molar refractivity (Wildman–Crippen MR) is 85.7 cm³/mol. The molecule has 0 aromatic carbocycles. The Bertz CT molecular complexity index is 205. The molecule has 2 heteroatoms. The van der Waals surface area contributed by atoms with Crippen molar-refractivity contribution >= 4 is 0 Å². The summed E-state index contributed by atoms with van der Waals surface area (Å²) in [7, 11) is 0. The summed E-state index contributed by atoms with van der Waals surface area (Å²) in [5, 5.41) is 3.63. The average molecular weight is 268 g/mol. The summed E-state index contributed by atoms with van der Waals surface area (Å²) in [6.07, 6.45) is 11.1. The average Bonchev–Trinajstić information content (AvgIpc) is 2.64. The molecule has 0 saturated carbocycles. The second-order valence-corrected chi connectivity index (χ2v) is 6.38. The van der Waals surface area contributed by atoms with E-state index in [4.69, 9.17) is 0 Å². The van der Waals surface area contributed by atoms with Gasteiger partial charge in [-0.15, -0.1) is 0 Å². The lowest BCUT2D eigenvalue weighted by Gasteiger charge is -2.28. The SMILES string of the molecule is CCCCCNCC(C)N1CCCC(CCC)CC1. The molecule has 0 aromatic heterocycles. The molecule has 114 valence electrons. The molecule has 1 aliphatic heterocycles. The van der Waals surface area contributed by atoms with E-state index in [1.165, 1.54) is 77.5 Å². The van der Waals surface area contributed by atoms with E-state index >= 15 is 0 Å². The second-order valence-electron chi connectivity index (χ2n) is 6.38. The molecule has 0 amide bonds. The topological polar surface area (TPSA) is 15.3 Å². The Balaban J connectivity index is 2.15. The second kappa shape index (κ2) is 10.7. The summed E-state index contributed by atoms with van der Waals surface area (Å²) >= 11 is 0. The molecular formula is C17H36N2. The standard InChI is InChI=1S/C17H36N2/c1-4-6-7-12-18-15-16(3)19-13-8-10-17(9-5-2)11-14-19/h16-18H,4-15H2,1-3H3. The van der Waals surface area contributed by atoms with E-state index in [2.05, 4.69) is 31.0 Å². The van der Waals surface area contributed by atoms with Crippen LogP contribution in [-0.4, -0.2) is 37.1 Å². The molecule has 1 fully saturated rings. The van der Waals surface area contributed by atoms with E-state index < -0.39 is 0 Å². The van der Waals surface area contributed by atoms with Gasteiger partial charge >= 0.3 is 0 Å². The summed E-state index contributed by atoms with van der Waals surface area (Å²) in [6.45, 7) is 12.0. The first kappa shape index (κ1) is 17.0. The zero-order valence-electron chi connectivity index (χ0n) is 13.6. The number of nitrogens with zero attached hydrogens (tertiary/aromatic N) is 1. The zero-order valence-corrected chi connectivity index (χ0v) is 13.6. The van der Waals surface area contributed by atoms with Crippen molar-refractivity contribution in [2.75, 3.05) is 26.2 Å². The maximum atomic E-state index is 3.63. The fourth-order valence-corrected chi connectivity index (χ4v) is 3.27. The van der Waals surface area contributed by atoms with Crippen LogP contribution in [0.15, 0.2) is 0 Å². The highest BCUT2D eigenvalue weighted by atomic mass is 15.2. The molecule has 1 heterocycles. The van der Waals surface area contributed by atoms with Crippen LogP contribution in [0.3, 0.4) is 0 Å². The van der Waals surface area contributed by atoms with Gasteiger partial charge in [-0.25, -0.2) is 0 Å². The van der Waals surface area contributed by atoms with Gasteiger partial charge in [-0.1, -0.05) is 39.5 Å². The molecule has 0 spiro atoms.